The minimum Gasteiger partial charge on any atom is -0.497 e. The largest absolute Gasteiger partial charge is 0.497 e. The second-order valence-corrected chi connectivity index (χ2v) is 10.2. The van der Waals surface area contributed by atoms with Crippen molar-refractivity contribution in [2.75, 3.05) is 21.0 Å². The van der Waals surface area contributed by atoms with E-state index in [1.807, 2.05) is 51.1 Å². The first-order valence-corrected chi connectivity index (χ1v) is 13.3. The van der Waals surface area contributed by atoms with Crippen LogP contribution in [0.5, 0.6) is 11.5 Å². The zero-order chi connectivity index (χ0) is 28.7. The van der Waals surface area contributed by atoms with Crippen molar-refractivity contribution >= 4 is 18.0 Å². The molecule has 40 heavy (non-hydrogen) atoms. The Morgan fingerprint density at radius 2 is 1.85 bits per heavy atom. The monoisotopic (exact) mass is 551 g/mol. The average molecular weight is 552 g/mol. The summed E-state index contributed by atoms with van der Waals surface area (Å²) in [6, 6.07) is 12.0. The molecule has 2 heterocycles. The van der Waals surface area contributed by atoms with Crippen LogP contribution in [0.4, 0.5) is 0 Å². The number of hydrogen-bond donors (Lipinski definition) is 1. The van der Waals surface area contributed by atoms with E-state index in [2.05, 4.69) is 5.32 Å². The molecule has 0 aliphatic carbocycles. The van der Waals surface area contributed by atoms with Gasteiger partial charge in [-0.1, -0.05) is 36.4 Å². The van der Waals surface area contributed by atoms with Gasteiger partial charge in [-0.25, -0.2) is 4.79 Å². The molecule has 214 valence electrons. The molecule has 2 aromatic rings. The second-order valence-electron chi connectivity index (χ2n) is 10.2. The molecule has 9 heteroatoms. The molecule has 1 unspecified atom stereocenters. The van der Waals surface area contributed by atoms with Gasteiger partial charge >= 0.3 is 5.97 Å². The van der Waals surface area contributed by atoms with Crippen molar-refractivity contribution in [3.8, 4) is 11.5 Å². The topological polar surface area (TPSA) is 102 Å². The molecule has 0 bridgehead atoms. The van der Waals surface area contributed by atoms with E-state index in [4.69, 9.17) is 28.4 Å². The van der Waals surface area contributed by atoms with E-state index in [9.17, 15) is 9.59 Å². The predicted octanol–water partition coefficient (Wildman–Crippen LogP) is 4.91. The summed E-state index contributed by atoms with van der Waals surface area (Å²) in [7, 11) is 3.07. The molecular formula is C31H37NO8. The van der Waals surface area contributed by atoms with Crippen molar-refractivity contribution in [1.29, 1.82) is 0 Å². The van der Waals surface area contributed by atoms with Crippen LogP contribution in [0, 0.1) is 0 Å². The molecule has 2 aliphatic rings. The van der Waals surface area contributed by atoms with Crippen molar-refractivity contribution < 1.29 is 38.0 Å². The predicted molar refractivity (Wildman–Crippen MR) is 149 cm³/mol. The van der Waals surface area contributed by atoms with Crippen LogP contribution in [-0.2, 0) is 18.9 Å². The fourth-order valence-corrected chi connectivity index (χ4v) is 4.75. The van der Waals surface area contributed by atoms with Gasteiger partial charge in [0.1, 0.15) is 23.7 Å². The summed E-state index contributed by atoms with van der Waals surface area (Å²) >= 11 is 0. The maximum atomic E-state index is 13.5. The van der Waals surface area contributed by atoms with E-state index < -0.39 is 30.1 Å². The molecule has 1 fully saturated rings. The van der Waals surface area contributed by atoms with Crippen molar-refractivity contribution in [2.45, 2.75) is 63.8 Å². The maximum Gasteiger partial charge on any atom is 0.338 e. The number of benzene rings is 2. The van der Waals surface area contributed by atoms with Crippen LogP contribution in [-0.4, -0.2) is 63.0 Å². The van der Waals surface area contributed by atoms with Crippen LogP contribution >= 0.6 is 0 Å². The van der Waals surface area contributed by atoms with Gasteiger partial charge in [-0.2, -0.15) is 0 Å². The zero-order valence-corrected chi connectivity index (χ0v) is 23.5. The molecule has 4 rings (SSSR count). The Balaban J connectivity index is 1.70. The number of methoxy groups -OCH3 is 2. The normalized spacial score (nSPS) is 24.3. The molecule has 1 amide bonds. The Morgan fingerprint density at radius 1 is 1.07 bits per heavy atom. The quantitative estimate of drug-likeness (QED) is 0.307. The summed E-state index contributed by atoms with van der Waals surface area (Å²) < 4.78 is 34.8. The van der Waals surface area contributed by atoms with Gasteiger partial charge in [-0.05, 0) is 63.5 Å². The lowest BCUT2D eigenvalue weighted by Gasteiger charge is -2.25. The molecule has 9 nitrogen and oxygen atoms in total. The molecule has 2 aliphatic heterocycles. The molecule has 0 saturated carbocycles. The number of carbonyl (C=O) groups excluding carboxylic acids is 2. The van der Waals surface area contributed by atoms with Gasteiger partial charge < -0.3 is 33.7 Å². The molecule has 0 radical (unpaired) electrons. The van der Waals surface area contributed by atoms with Gasteiger partial charge in [-0.3, -0.25) is 4.79 Å². The number of carbonyl (C=O) groups is 2. The first-order valence-electron chi connectivity index (χ1n) is 13.3. The highest BCUT2D eigenvalue weighted by atomic mass is 16.8. The maximum absolute atomic E-state index is 13.5. The lowest BCUT2D eigenvalue weighted by molar-refractivity contribution is -0.152. The Kier molecular flexibility index (Phi) is 9.63. The van der Waals surface area contributed by atoms with E-state index >= 15 is 0 Å². The van der Waals surface area contributed by atoms with Crippen LogP contribution in [0.3, 0.4) is 0 Å². The average Bonchev–Trinajstić information content (AvgIpc) is 3.24. The fourth-order valence-electron chi connectivity index (χ4n) is 4.75. The van der Waals surface area contributed by atoms with Crippen LogP contribution in [0.15, 0.2) is 60.7 Å². The molecule has 0 spiro atoms. The number of fused-ring (bicyclic) bond motifs is 2. The standard InChI is InChI=1S/C31H37NO8/c1-20-11-9-15-24(38-30(34)21-12-7-6-8-13-21)28-25(39-31(2,3)40-28)16-10-14-22-17-23(36-5)18-26(37-19-35-4)27(22)29(33)32-20/h6-10,12-15,17-18,20,24-25,28H,11,16,19H2,1-5H3,(H,32,33)/t20-,24?,25-,28+/m0/s1. The molecule has 1 saturated heterocycles. The number of hydrogen-bond acceptors (Lipinski definition) is 8. The third kappa shape index (κ3) is 7.29. The van der Waals surface area contributed by atoms with Crippen LogP contribution < -0.4 is 14.8 Å². The van der Waals surface area contributed by atoms with Gasteiger partial charge in [0.25, 0.3) is 5.91 Å². The lowest BCUT2D eigenvalue weighted by atomic mass is 10.00. The highest BCUT2D eigenvalue weighted by molar-refractivity contribution is 6.01. The summed E-state index contributed by atoms with van der Waals surface area (Å²) in [5.41, 5.74) is 1.43. The number of amides is 1. The van der Waals surface area contributed by atoms with E-state index in [0.717, 1.165) is 0 Å². The summed E-state index contributed by atoms with van der Waals surface area (Å²) in [6.07, 6.45) is 6.68. The van der Waals surface area contributed by atoms with Gasteiger partial charge in [-0.15, -0.1) is 0 Å². The van der Waals surface area contributed by atoms with Gasteiger partial charge in [0.15, 0.2) is 12.6 Å². The van der Waals surface area contributed by atoms with E-state index in [-0.39, 0.29) is 18.7 Å². The number of esters is 1. The van der Waals surface area contributed by atoms with E-state index in [1.54, 1.807) is 43.5 Å². The SMILES string of the molecule is COCOc1cc(OC)cc2c1C(=O)N[C@@H](C)CC=CC(OC(=O)c1ccccc1)[C@H]1OC(C)(C)O[C@H]1CC=C2. The van der Waals surface area contributed by atoms with Gasteiger partial charge in [0.05, 0.1) is 24.3 Å². The van der Waals surface area contributed by atoms with Gasteiger partial charge in [0.2, 0.25) is 0 Å². The van der Waals surface area contributed by atoms with E-state index in [1.165, 1.54) is 7.11 Å². The smallest absolute Gasteiger partial charge is 0.338 e. The Morgan fingerprint density at radius 3 is 2.58 bits per heavy atom. The summed E-state index contributed by atoms with van der Waals surface area (Å²) in [6.45, 7) is 5.54. The highest BCUT2D eigenvalue weighted by Gasteiger charge is 2.45. The van der Waals surface area contributed by atoms with E-state index in [0.29, 0.717) is 41.0 Å². The second kappa shape index (κ2) is 13.1. The molecular weight excluding hydrogens is 514 g/mol. The summed E-state index contributed by atoms with van der Waals surface area (Å²) in [4.78, 5) is 26.5. The number of ether oxygens (including phenoxy) is 6. The Bertz CT molecular complexity index is 1240. The Labute approximate surface area is 235 Å². The molecule has 0 aromatic heterocycles. The lowest BCUT2D eigenvalue weighted by Crippen LogP contribution is -2.38. The van der Waals surface area contributed by atoms with Crippen molar-refractivity contribution in [2.24, 2.45) is 0 Å². The van der Waals surface area contributed by atoms with Crippen molar-refractivity contribution in [3.63, 3.8) is 0 Å². The third-order valence-corrected chi connectivity index (χ3v) is 6.56. The number of rotatable bonds is 6. The van der Waals surface area contributed by atoms with Crippen LogP contribution in [0.1, 0.15) is 59.9 Å². The van der Waals surface area contributed by atoms with Crippen molar-refractivity contribution in [1.82, 2.24) is 5.32 Å². The Hall–Kier alpha value is -3.66. The summed E-state index contributed by atoms with van der Waals surface area (Å²) in [5.74, 6) is -0.745. The molecule has 4 atom stereocenters. The first kappa shape index (κ1) is 29.3. The van der Waals surface area contributed by atoms with Crippen LogP contribution in [0.2, 0.25) is 0 Å². The minimum atomic E-state index is -0.879. The number of nitrogens with one attached hydrogen (secondary N) is 1. The van der Waals surface area contributed by atoms with Gasteiger partial charge in [0, 0.05) is 19.2 Å². The summed E-state index contributed by atoms with van der Waals surface area (Å²) in [5, 5.41) is 3.04. The minimum absolute atomic E-state index is 0.0258. The fraction of sp³-hybridized carbons (Fsp3) is 0.419. The highest BCUT2D eigenvalue weighted by Crippen LogP contribution is 2.35. The zero-order valence-electron chi connectivity index (χ0n) is 23.5. The first-order chi connectivity index (χ1) is 19.2. The van der Waals surface area contributed by atoms with Crippen molar-refractivity contribution in [3.05, 3.63) is 77.4 Å². The third-order valence-electron chi connectivity index (χ3n) is 6.56. The molecule has 1 N–H and O–H groups in total. The molecule has 2 aromatic carbocycles. The van der Waals surface area contributed by atoms with Crippen LogP contribution in [0.25, 0.3) is 6.08 Å².